The minimum Gasteiger partial charge on any atom is -0.368 e. The second-order valence-corrected chi connectivity index (χ2v) is 9.40. The highest BCUT2D eigenvalue weighted by molar-refractivity contribution is 5.64. The van der Waals surface area contributed by atoms with Gasteiger partial charge in [0.1, 0.15) is 0 Å². The highest BCUT2D eigenvalue weighted by Crippen LogP contribution is 2.27. The van der Waals surface area contributed by atoms with Crippen molar-refractivity contribution in [2.24, 2.45) is 7.05 Å². The summed E-state index contributed by atoms with van der Waals surface area (Å²) in [6.07, 6.45) is 3.42. The highest BCUT2D eigenvalue weighted by Gasteiger charge is 2.27. The Hall–Kier alpha value is -4.79. The predicted octanol–water partition coefficient (Wildman–Crippen LogP) is 4.27. The summed E-state index contributed by atoms with van der Waals surface area (Å²) in [7, 11) is 1.78. The molecular weight excluding hydrogens is 478 g/mol. The Labute approximate surface area is 220 Å². The van der Waals surface area contributed by atoms with E-state index in [1.807, 2.05) is 54.6 Å². The summed E-state index contributed by atoms with van der Waals surface area (Å²) in [5.41, 5.74) is 4.38. The fourth-order valence-corrected chi connectivity index (χ4v) is 4.80. The van der Waals surface area contributed by atoms with E-state index >= 15 is 0 Å². The zero-order valence-electron chi connectivity index (χ0n) is 21.2. The largest absolute Gasteiger partial charge is 0.368 e. The van der Waals surface area contributed by atoms with Crippen LogP contribution in [0.3, 0.4) is 0 Å². The van der Waals surface area contributed by atoms with Crippen LogP contribution < -0.4 is 15.4 Å². The van der Waals surface area contributed by atoms with Gasteiger partial charge in [0.25, 0.3) is 11.4 Å². The molecule has 1 aliphatic heterocycles. The summed E-state index contributed by atoms with van der Waals surface area (Å²) in [6, 6.07) is 23.4. The average Bonchev–Trinajstić information content (AvgIpc) is 3.46. The van der Waals surface area contributed by atoms with E-state index in [1.54, 1.807) is 30.1 Å². The van der Waals surface area contributed by atoms with Crippen LogP contribution in [0.1, 0.15) is 6.92 Å². The smallest absolute Gasteiger partial charge is 0.258 e. The normalized spacial score (nSPS) is 15.6. The van der Waals surface area contributed by atoms with Crippen molar-refractivity contribution in [3.8, 4) is 34.1 Å². The van der Waals surface area contributed by atoms with Crippen LogP contribution >= 0.6 is 0 Å². The van der Waals surface area contributed by atoms with Crippen molar-refractivity contribution in [2.45, 2.75) is 13.0 Å². The molecule has 0 unspecified atom stereocenters. The molecule has 2 aromatic carbocycles. The first kappa shape index (κ1) is 23.6. The molecule has 5 aromatic rings. The van der Waals surface area contributed by atoms with Crippen molar-refractivity contribution in [3.05, 3.63) is 95.5 Å². The maximum atomic E-state index is 12.8. The van der Waals surface area contributed by atoms with Crippen molar-refractivity contribution in [3.63, 3.8) is 0 Å². The molecule has 1 saturated heterocycles. The van der Waals surface area contributed by atoms with Gasteiger partial charge < -0.3 is 14.3 Å². The van der Waals surface area contributed by atoms with Crippen molar-refractivity contribution < 1.29 is 4.52 Å². The van der Waals surface area contributed by atoms with Gasteiger partial charge in [0.05, 0.1) is 5.69 Å². The third-order valence-corrected chi connectivity index (χ3v) is 6.91. The highest BCUT2D eigenvalue weighted by atomic mass is 16.5. The lowest BCUT2D eigenvalue weighted by molar-refractivity contribution is 0.432. The summed E-state index contributed by atoms with van der Waals surface area (Å²) >= 11 is 0. The first-order valence-electron chi connectivity index (χ1n) is 12.6. The van der Waals surface area contributed by atoms with Gasteiger partial charge in [-0.1, -0.05) is 23.4 Å². The molecule has 1 aliphatic rings. The SMILES string of the molecule is C[C@@H]1CN(c2ccc(-c3noc(-c4ccccc4)n3)cc2)CCN1c1nc(-c2ccncc2)cc(=O)n1C. The summed E-state index contributed by atoms with van der Waals surface area (Å²) in [5.74, 6) is 1.75. The minimum atomic E-state index is -0.0797. The summed E-state index contributed by atoms with van der Waals surface area (Å²) < 4.78 is 7.09. The van der Waals surface area contributed by atoms with Crippen LogP contribution in [-0.4, -0.2) is 50.4 Å². The molecule has 0 N–H and O–H groups in total. The Morgan fingerprint density at radius 2 is 1.63 bits per heavy atom. The Balaban J connectivity index is 1.18. The van der Waals surface area contributed by atoms with Gasteiger partial charge in [-0.15, -0.1) is 0 Å². The molecule has 4 heterocycles. The van der Waals surface area contributed by atoms with Crippen molar-refractivity contribution >= 4 is 11.6 Å². The fourth-order valence-electron chi connectivity index (χ4n) is 4.80. The van der Waals surface area contributed by atoms with E-state index < -0.39 is 0 Å². The molecule has 6 rings (SSSR count). The number of aromatic nitrogens is 5. The predicted molar refractivity (Wildman–Crippen MR) is 147 cm³/mol. The Kier molecular flexibility index (Phi) is 6.17. The first-order chi connectivity index (χ1) is 18.6. The molecule has 0 radical (unpaired) electrons. The quantitative estimate of drug-likeness (QED) is 0.350. The van der Waals surface area contributed by atoms with Crippen LogP contribution in [-0.2, 0) is 7.05 Å². The van der Waals surface area contributed by atoms with Gasteiger partial charge in [-0.2, -0.15) is 4.98 Å². The molecule has 38 heavy (non-hydrogen) atoms. The number of hydrogen-bond acceptors (Lipinski definition) is 8. The molecule has 0 amide bonds. The van der Waals surface area contributed by atoms with Gasteiger partial charge >= 0.3 is 0 Å². The Bertz CT molecular complexity index is 1600. The molecular formula is C29H27N7O2. The van der Waals surface area contributed by atoms with Crippen LogP contribution in [0.5, 0.6) is 0 Å². The molecule has 190 valence electrons. The van der Waals surface area contributed by atoms with E-state index in [-0.39, 0.29) is 11.6 Å². The van der Waals surface area contributed by atoms with Crippen LogP contribution in [0.25, 0.3) is 34.1 Å². The topological polar surface area (TPSA) is 93.2 Å². The van der Waals surface area contributed by atoms with Gasteiger partial charge in [-0.05, 0) is 55.5 Å². The molecule has 0 spiro atoms. The van der Waals surface area contributed by atoms with Gasteiger partial charge in [-0.25, -0.2) is 4.98 Å². The number of benzene rings is 2. The van der Waals surface area contributed by atoms with Gasteiger partial charge in [-0.3, -0.25) is 14.3 Å². The standard InChI is InChI=1S/C29H27N7O2/c1-20-19-35(16-17-36(20)29-31-25(18-26(37)34(29)2)21-12-14-30-15-13-21)24-10-8-22(9-11-24)27-32-28(38-33-27)23-6-4-3-5-7-23/h3-15,18,20H,16-17,19H2,1-2H3/t20-/m1/s1. The number of piperazine rings is 1. The maximum absolute atomic E-state index is 12.8. The van der Waals surface area contributed by atoms with E-state index in [0.29, 0.717) is 23.4 Å². The molecule has 1 atom stereocenters. The van der Waals surface area contributed by atoms with Gasteiger partial charge in [0.15, 0.2) is 0 Å². The first-order valence-corrected chi connectivity index (χ1v) is 12.6. The second kappa shape index (κ2) is 9.93. The fraction of sp³-hybridized carbons (Fsp3) is 0.207. The van der Waals surface area contributed by atoms with Gasteiger partial charge in [0.2, 0.25) is 11.8 Å². The second-order valence-electron chi connectivity index (χ2n) is 9.40. The van der Waals surface area contributed by atoms with Crippen LogP contribution in [0, 0.1) is 0 Å². The molecule has 0 aliphatic carbocycles. The lowest BCUT2D eigenvalue weighted by Crippen LogP contribution is -2.53. The third kappa shape index (κ3) is 4.54. The third-order valence-electron chi connectivity index (χ3n) is 6.91. The monoisotopic (exact) mass is 505 g/mol. The van der Waals surface area contributed by atoms with Crippen molar-refractivity contribution in [2.75, 3.05) is 29.4 Å². The molecule has 0 saturated carbocycles. The number of nitrogens with zero attached hydrogens (tertiary/aromatic N) is 7. The summed E-state index contributed by atoms with van der Waals surface area (Å²) in [4.78, 5) is 30.8. The van der Waals surface area contributed by atoms with Crippen LogP contribution in [0.4, 0.5) is 11.6 Å². The van der Waals surface area contributed by atoms with E-state index in [4.69, 9.17) is 9.51 Å². The summed E-state index contributed by atoms with van der Waals surface area (Å²) in [5, 5.41) is 4.16. The molecule has 9 heteroatoms. The van der Waals surface area contributed by atoms with Crippen LogP contribution in [0.15, 0.2) is 94.5 Å². The number of anilines is 2. The van der Waals surface area contributed by atoms with Crippen molar-refractivity contribution in [1.82, 2.24) is 24.7 Å². The lowest BCUT2D eigenvalue weighted by Gasteiger charge is -2.42. The lowest BCUT2D eigenvalue weighted by atomic mass is 10.1. The number of rotatable bonds is 5. The van der Waals surface area contributed by atoms with Gasteiger partial charge in [0, 0.05) is 73.6 Å². The average molecular weight is 506 g/mol. The number of pyridine rings is 1. The Morgan fingerprint density at radius 1 is 0.868 bits per heavy atom. The zero-order chi connectivity index (χ0) is 26.1. The molecule has 0 bridgehead atoms. The Morgan fingerprint density at radius 3 is 2.37 bits per heavy atom. The molecule has 3 aromatic heterocycles. The summed E-state index contributed by atoms with van der Waals surface area (Å²) in [6.45, 7) is 4.51. The number of hydrogen-bond donors (Lipinski definition) is 0. The minimum absolute atomic E-state index is 0.0797. The van der Waals surface area contributed by atoms with Crippen molar-refractivity contribution in [1.29, 1.82) is 0 Å². The maximum Gasteiger partial charge on any atom is 0.258 e. The zero-order valence-corrected chi connectivity index (χ0v) is 21.2. The van der Waals surface area contributed by atoms with E-state index in [0.717, 1.165) is 42.0 Å². The molecule has 1 fully saturated rings. The molecule has 9 nitrogen and oxygen atoms in total. The van der Waals surface area contributed by atoms with E-state index in [9.17, 15) is 4.79 Å². The van der Waals surface area contributed by atoms with E-state index in [1.165, 1.54) is 0 Å². The van der Waals surface area contributed by atoms with E-state index in [2.05, 4.69) is 44.0 Å². The van der Waals surface area contributed by atoms with Crippen LogP contribution in [0.2, 0.25) is 0 Å².